The minimum Gasteiger partial charge on any atom is -0.382 e. The van der Waals surface area contributed by atoms with E-state index in [0.29, 0.717) is 6.61 Å². The molecular weight excluding hydrogens is 405 g/mol. The molecule has 2 saturated carbocycles. The summed E-state index contributed by atoms with van der Waals surface area (Å²) in [6, 6.07) is 0. The zero-order chi connectivity index (χ0) is 15.4. The number of rotatable bonds is 5. The van der Waals surface area contributed by atoms with E-state index in [4.69, 9.17) is 9.47 Å². The largest absolute Gasteiger partial charge is 0.382 e. The van der Waals surface area contributed by atoms with E-state index in [1.165, 1.54) is 32.1 Å². The first-order valence-electron chi connectivity index (χ1n) is 8.86. The molecule has 23 heavy (non-hydrogen) atoms. The second kappa shape index (κ2) is 9.42. The van der Waals surface area contributed by atoms with Gasteiger partial charge in [0.1, 0.15) is 0 Å². The molecule has 6 heteroatoms. The van der Waals surface area contributed by atoms with Crippen LogP contribution in [0, 0.1) is 17.8 Å². The van der Waals surface area contributed by atoms with Crippen LogP contribution in [-0.2, 0) is 9.47 Å². The molecule has 134 valence electrons. The maximum absolute atomic E-state index is 5.71. The molecule has 1 N–H and O–H groups in total. The van der Waals surface area contributed by atoms with Gasteiger partial charge < -0.3 is 19.7 Å². The lowest BCUT2D eigenvalue weighted by Crippen LogP contribution is -2.51. The summed E-state index contributed by atoms with van der Waals surface area (Å²) in [5.74, 6) is 4.04. The van der Waals surface area contributed by atoms with E-state index < -0.39 is 0 Å². The molecule has 3 fully saturated rings. The van der Waals surface area contributed by atoms with Crippen molar-refractivity contribution in [1.82, 2.24) is 10.2 Å². The Morgan fingerprint density at radius 2 is 2.22 bits per heavy atom. The van der Waals surface area contributed by atoms with Crippen LogP contribution in [0.1, 0.15) is 32.1 Å². The van der Waals surface area contributed by atoms with Gasteiger partial charge in [0.2, 0.25) is 0 Å². The molecule has 0 aromatic carbocycles. The molecule has 0 amide bonds. The lowest BCUT2D eigenvalue weighted by atomic mass is 9.86. The molecule has 0 spiro atoms. The monoisotopic (exact) mass is 437 g/mol. The highest BCUT2D eigenvalue weighted by molar-refractivity contribution is 14.0. The van der Waals surface area contributed by atoms with E-state index in [0.717, 1.165) is 50.0 Å². The fraction of sp³-hybridized carbons (Fsp3) is 0.941. The molecule has 0 radical (unpaired) electrons. The highest BCUT2D eigenvalue weighted by Crippen LogP contribution is 2.49. The van der Waals surface area contributed by atoms with Gasteiger partial charge in [-0.1, -0.05) is 6.42 Å². The average Bonchev–Trinajstić information content (AvgIpc) is 3.15. The quantitative estimate of drug-likeness (QED) is 0.408. The van der Waals surface area contributed by atoms with Gasteiger partial charge in [-0.25, -0.2) is 0 Å². The summed E-state index contributed by atoms with van der Waals surface area (Å²) in [7, 11) is 3.60. The van der Waals surface area contributed by atoms with E-state index in [1.807, 2.05) is 7.05 Å². The van der Waals surface area contributed by atoms with Gasteiger partial charge in [-0.2, -0.15) is 0 Å². The Balaban J connectivity index is 0.00000192. The van der Waals surface area contributed by atoms with Crippen molar-refractivity contribution >= 4 is 29.9 Å². The van der Waals surface area contributed by atoms with Gasteiger partial charge in [0.05, 0.1) is 19.3 Å². The minimum atomic E-state index is 0. The highest BCUT2D eigenvalue weighted by atomic mass is 127. The molecule has 5 nitrogen and oxygen atoms in total. The summed E-state index contributed by atoms with van der Waals surface area (Å²) in [5.41, 5.74) is 0. The first-order chi connectivity index (χ1) is 10.8. The van der Waals surface area contributed by atoms with Crippen molar-refractivity contribution in [2.75, 3.05) is 47.0 Å². The molecule has 4 atom stereocenters. The lowest BCUT2D eigenvalue weighted by Gasteiger charge is -2.35. The van der Waals surface area contributed by atoms with Gasteiger partial charge in [-0.05, 0) is 43.4 Å². The number of morpholine rings is 1. The van der Waals surface area contributed by atoms with Gasteiger partial charge in [0, 0.05) is 33.8 Å². The number of methoxy groups -OCH3 is 1. The number of nitrogens with zero attached hydrogens (tertiary/aromatic N) is 2. The molecule has 3 rings (SSSR count). The maximum atomic E-state index is 5.71. The van der Waals surface area contributed by atoms with Crippen molar-refractivity contribution in [2.45, 2.75) is 38.2 Å². The van der Waals surface area contributed by atoms with Crippen molar-refractivity contribution in [2.24, 2.45) is 22.7 Å². The molecular formula is C17H32IN3O2. The van der Waals surface area contributed by atoms with Crippen molar-refractivity contribution in [3.63, 3.8) is 0 Å². The van der Waals surface area contributed by atoms with Crippen molar-refractivity contribution < 1.29 is 9.47 Å². The summed E-state index contributed by atoms with van der Waals surface area (Å²) in [4.78, 5) is 6.75. The van der Waals surface area contributed by atoms with E-state index in [2.05, 4.69) is 15.2 Å². The second-order valence-corrected chi connectivity index (χ2v) is 7.09. The highest BCUT2D eigenvalue weighted by Gasteiger charge is 2.38. The first kappa shape index (κ1) is 19.2. The number of aliphatic imine (C=N–C) groups is 1. The van der Waals surface area contributed by atoms with Gasteiger partial charge in [-0.15, -0.1) is 24.0 Å². The Morgan fingerprint density at radius 3 is 2.87 bits per heavy atom. The first-order valence-corrected chi connectivity index (χ1v) is 8.86. The maximum Gasteiger partial charge on any atom is 0.193 e. The smallest absolute Gasteiger partial charge is 0.193 e. The van der Waals surface area contributed by atoms with Crippen molar-refractivity contribution in [1.29, 1.82) is 0 Å². The number of fused-ring (bicyclic) bond motifs is 2. The van der Waals surface area contributed by atoms with Crippen LogP contribution in [0.3, 0.4) is 0 Å². The average molecular weight is 437 g/mol. The number of hydrogen-bond acceptors (Lipinski definition) is 3. The molecule has 1 aliphatic heterocycles. The molecule has 0 aromatic rings. The van der Waals surface area contributed by atoms with Crippen molar-refractivity contribution in [3.8, 4) is 0 Å². The third-order valence-electron chi connectivity index (χ3n) is 5.69. The van der Waals surface area contributed by atoms with Crippen LogP contribution >= 0.6 is 24.0 Å². The number of ether oxygens (including phenoxy) is 2. The summed E-state index contributed by atoms with van der Waals surface area (Å²) in [6.07, 6.45) is 7.39. The Morgan fingerprint density at radius 1 is 1.35 bits per heavy atom. The fourth-order valence-electron chi connectivity index (χ4n) is 4.63. The van der Waals surface area contributed by atoms with Gasteiger partial charge in [0.15, 0.2) is 5.96 Å². The van der Waals surface area contributed by atoms with E-state index in [1.54, 1.807) is 7.11 Å². The zero-order valence-electron chi connectivity index (χ0n) is 14.5. The standard InChI is InChI=1S/C17H31N3O2.HI/c1-18-17(20-7-8-22-16(11-20)12-21-2)19-6-5-15-10-13-3-4-14(15)9-13;/h13-16H,3-12H2,1-2H3,(H,18,19);1H. The SMILES string of the molecule is CN=C(NCCC1CC2CCC1C2)N1CCOC(COC)C1.I. The predicted molar refractivity (Wildman–Crippen MR) is 104 cm³/mol. The summed E-state index contributed by atoms with van der Waals surface area (Å²) in [5, 5.41) is 3.57. The normalized spacial score (nSPS) is 33.7. The Kier molecular flexibility index (Phi) is 7.88. The van der Waals surface area contributed by atoms with E-state index >= 15 is 0 Å². The minimum absolute atomic E-state index is 0. The number of guanidine groups is 1. The van der Waals surface area contributed by atoms with Crippen LogP contribution in [0.4, 0.5) is 0 Å². The number of nitrogens with one attached hydrogen (secondary N) is 1. The van der Waals surface area contributed by atoms with Crippen molar-refractivity contribution in [3.05, 3.63) is 0 Å². The van der Waals surface area contributed by atoms with Crippen LogP contribution in [0.15, 0.2) is 4.99 Å². The molecule has 2 bridgehead atoms. The molecule has 4 unspecified atom stereocenters. The van der Waals surface area contributed by atoms with Gasteiger partial charge in [-0.3, -0.25) is 4.99 Å². The van der Waals surface area contributed by atoms with Crippen LogP contribution in [0.5, 0.6) is 0 Å². The van der Waals surface area contributed by atoms with Crippen LogP contribution in [0.2, 0.25) is 0 Å². The molecule has 2 aliphatic carbocycles. The van der Waals surface area contributed by atoms with E-state index in [-0.39, 0.29) is 30.1 Å². The molecule has 0 aromatic heterocycles. The summed E-state index contributed by atoms with van der Waals surface area (Å²) < 4.78 is 10.9. The Labute approximate surface area is 157 Å². The number of halogens is 1. The third-order valence-corrected chi connectivity index (χ3v) is 5.69. The predicted octanol–water partition coefficient (Wildman–Crippen LogP) is 2.35. The van der Waals surface area contributed by atoms with Gasteiger partial charge >= 0.3 is 0 Å². The molecule has 3 aliphatic rings. The third kappa shape index (κ3) is 4.95. The van der Waals surface area contributed by atoms with Gasteiger partial charge in [0.25, 0.3) is 0 Å². The number of hydrogen-bond donors (Lipinski definition) is 1. The van der Waals surface area contributed by atoms with Crippen LogP contribution < -0.4 is 5.32 Å². The fourth-order valence-corrected chi connectivity index (χ4v) is 4.63. The summed E-state index contributed by atoms with van der Waals surface area (Å²) >= 11 is 0. The Hall–Kier alpha value is -0.0800. The Bertz CT molecular complexity index is 392. The lowest BCUT2D eigenvalue weighted by molar-refractivity contribution is -0.0447. The van der Waals surface area contributed by atoms with E-state index in [9.17, 15) is 0 Å². The molecule has 1 saturated heterocycles. The zero-order valence-corrected chi connectivity index (χ0v) is 16.8. The summed E-state index contributed by atoms with van der Waals surface area (Å²) in [6.45, 7) is 4.22. The second-order valence-electron chi connectivity index (χ2n) is 7.09. The van der Waals surface area contributed by atoms with Crippen LogP contribution in [-0.4, -0.2) is 64.0 Å². The molecule has 1 heterocycles. The topological polar surface area (TPSA) is 46.1 Å². The van der Waals surface area contributed by atoms with Crippen LogP contribution in [0.25, 0.3) is 0 Å².